The molecule has 0 bridgehead atoms. The summed E-state index contributed by atoms with van der Waals surface area (Å²) in [6.07, 6.45) is 1.63. The third kappa shape index (κ3) is 4.38. The number of nitrogens with two attached hydrogens (primary N) is 1. The number of hydrogen-bond acceptors (Lipinski definition) is 4. The predicted molar refractivity (Wildman–Crippen MR) is 78.5 cm³/mol. The Kier molecular flexibility index (Phi) is 6.24. The van der Waals surface area contributed by atoms with E-state index in [1.54, 1.807) is 4.90 Å². The molecule has 3 N–H and O–H groups in total. The lowest BCUT2D eigenvalue weighted by Crippen LogP contribution is -2.34. The van der Waals surface area contributed by atoms with Crippen molar-refractivity contribution in [2.45, 2.75) is 20.3 Å². The lowest BCUT2D eigenvalue weighted by molar-refractivity contribution is -0.130. The van der Waals surface area contributed by atoms with Crippen LogP contribution in [0.25, 0.3) is 0 Å². The van der Waals surface area contributed by atoms with E-state index in [0.717, 1.165) is 0 Å². The number of carbonyl (C=O) groups excluding carboxylic acids is 2. The lowest BCUT2D eigenvalue weighted by Gasteiger charge is -2.18. The van der Waals surface area contributed by atoms with Crippen molar-refractivity contribution in [3.8, 4) is 0 Å². The molecular formula is C13H19ClN4O2. The molecule has 0 aliphatic heterocycles. The maximum atomic E-state index is 11.9. The molecule has 1 heterocycles. The highest BCUT2D eigenvalue weighted by Gasteiger charge is 2.13. The Morgan fingerprint density at radius 3 is 2.65 bits per heavy atom. The van der Waals surface area contributed by atoms with Crippen LogP contribution in [0.15, 0.2) is 12.3 Å². The van der Waals surface area contributed by atoms with E-state index in [2.05, 4.69) is 10.3 Å². The maximum absolute atomic E-state index is 11.9. The van der Waals surface area contributed by atoms with Gasteiger partial charge in [-0.1, -0.05) is 11.6 Å². The van der Waals surface area contributed by atoms with Crippen LogP contribution in [0.1, 0.15) is 30.6 Å². The van der Waals surface area contributed by atoms with E-state index in [1.807, 2.05) is 13.8 Å². The molecule has 0 saturated carbocycles. The number of anilines is 1. The Morgan fingerprint density at radius 2 is 2.05 bits per heavy atom. The maximum Gasteiger partial charge on any atom is 0.254 e. The highest BCUT2D eigenvalue weighted by Crippen LogP contribution is 2.15. The molecule has 2 amide bonds. The molecule has 7 heteroatoms. The molecule has 1 aromatic heterocycles. The van der Waals surface area contributed by atoms with Crippen molar-refractivity contribution in [1.29, 1.82) is 0 Å². The molecule has 0 unspecified atom stereocenters. The average Bonchev–Trinajstić information content (AvgIpc) is 2.42. The molecule has 0 atom stereocenters. The van der Waals surface area contributed by atoms with E-state index < -0.39 is 0 Å². The first-order valence-corrected chi connectivity index (χ1v) is 6.84. The summed E-state index contributed by atoms with van der Waals surface area (Å²) in [4.78, 5) is 29.2. The second kappa shape index (κ2) is 7.69. The van der Waals surface area contributed by atoms with E-state index in [4.69, 9.17) is 17.3 Å². The minimum absolute atomic E-state index is 0.00657. The molecule has 0 saturated heterocycles. The smallest absolute Gasteiger partial charge is 0.254 e. The topological polar surface area (TPSA) is 88.3 Å². The number of carbonyl (C=O) groups is 2. The number of halogens is 1. The van der Waals surface area contributed by atoms with Crippen molar-refractivity contribution in [1.82, 2.24) is 15.2 Å². The minimum Gasteiger partial charge on any atom is -0.397 e. The first-order valence-electron chi connectivity index (χ1n) is 6.46. The van der Waals surface area contributed by atoms with Gasteiger partial charge in [-0.05, 0) is 19.9 Å². The van der Waals surface area contributed by atoms with Gasteiger partial charge >= 0.3 is 0 Å². The predicted octanol–water partition coefficient (Wildman–Crippen LogP) is 1.31. The van der Waals surface area contributed by atoms with Gasteiger partial charge in [0.05, 0.1) is 17.4 Å². The number of nitrogen functional groups attached to an aromatic ring is 1. The second-order valence-corrected chi connectivity index (χ2v) is 4.54. The average molecular weight is 299 g/mol. The molecule has 0 fully saturated rings. The lowest BCUT2D eigenvalue weighted by atomic mass is 10.2. The summed E-state index contributed by atoms with van der Waals surface area (Å²) in [6.45, 7) is 5.40. The van der Waals surface area contributed by atoms with E-state index in [-0.39, 0.29) is 35.5 Å². The molecule has 1 aromatic rings. The molecule has 0 radical (unpaired) electrons. The number of pyridine rings is 1. The van der Waals surface area contributed by atoms with E-state index in [1.165, 1.54) is 12.3 Å². The standard InChI is InChI=1S/C13H19ClN4O2/c1-3-18(4-2)11(19)5-6-16-13(20)10-7-9(15)8-17-12(10)14/h7-8H,3-6,15H2,1-2H3,(H,16,20). The van der Waals surface area contributed by atoms with Gasteiger partial charge < -0.3 is 16.0 Å². The molecule has 0 aliphatic carbocycles. The number of aromatic nitrogens is 1. The Labute approximate surface area is 123 Å². The number of nitrogens with one attached hydrogen (secondary N) is 1. The van der Waals surface area contributed by atoms with Gasteiger partial charge in [-0.2, -0.15) is 0 Å². The van der Waals surface area contributed by atoms with Crippen molar-refractivity contribution in [2.75, 3.05) is 25.4 Å². The van der Waals surface area contributed by atoms with Gasteiger partial charge in [0.1, 0.15) is 5.15 Å². The number of nitrogens with zero attached hydrogens (tertiary/aromatic N) is 2. The third-order valence-electron chi connectivity index (χ3n) is 2.85. The second-order valence-electron chi connectivity index (χ2n) is 4.18. The summed E-state index contributed by atoms with van der Waals surface area (Å²) < 4.78 is 0. The van der Waals surface area contributed by atoms with Crippen LogP contribution in [0, 0.1) is 0 Å². The van der Waals surface area contributed by atoms with Gasteiger partial charge in [-0.25, -0.2) is 4.98 Å². The van der Waals surface area contributed by atoms with Gasteiger partial charge in [-0.15, -0.1) is 0 Å². The van der Waals surface area contributed by atoms with Crippen LogP contribution in [0.3, 0.4) is 0 Å². The largest absolute Gasteiger partial charge is 0.397 e. The molecule has 110 valence electrons. The number of rotatable bonds is 6. The minimum atomic E-state index is -0.387. The Hall–Kier alpha value is -1.82. The van der Waals surface area contributed by atoms with E-state index in [9.17, 15) is 9.59 Å². The highest BCUT2D eigenvalue weighted by molar-refractivity contribution is 6.32. The van der Waals surface area contributed by atoms with Crippen LogP contribution >= 0.6 is 11.6 Å². The number of hydrogen-bond donors (Lipinski definition) is 2. The van der Waals surface area contributed by atoms with Gasteiger partial charge in [0.15, 0.2) is 0 Å². The van der Waals surface area contributed by atoms with Gasteiger partial charge in [0.25, 0.3) is 5.91 Å². The fourth-order valence-electron chi connectivity index (χ4n) is 1.74. The van der Waals surface area contributed by atoms with Crippen molar-refractivity contribution >= 4 is 29.1 Å². The fraction of sp³-hybridized carbons (Fsp3) is 0.462. The Balaban J connectivity index is 2.52. The summed E-state index contributed by atoms with van der Waals surface area (Å²) >= 11 is 5.83. The summed E-state index contributed by atoms with van der Waals surface area (Å²) in [7, 11) is 0. The monoisotopic (exact) mass is 298 g/mol. The molecule has 0 aromatic carbocycles. The molecule has 1 rings (SSSR count). The molecular weight excluding hydrogens is 280 g/mol. The van der Waals surface area contributed by atoms with Gasteiger partial charge in [-0.3, -0.25) is 9.59 Å². The van der Waals surface area contributed by atoms with Crippen molar-refractivity contribution < 1.29 is 9.59 Å². The van der Waals surface area contributed by atoms with E-state index >= 15 is 0 Å². The summed E-state index contributed by atoms with van der Waals surface area (Å²) in [5.41, 5.74) is 6.13. The summed E-state index contributed by atoms with van der Waals surface area (Å²) in [6, 6.07) is 1.46. The third-order valence-corrected chi connectivity index (χ3v) is 3.15. The highest BCUT2D eigenvalue weighted by atomic mass is 35.5. The van der Waals surface area contributed by atoms with Crippen LogP contribution in [-0.4, -0.2) is 41.3 Å². The number of amides is 2. The van der Waals surface area contributed by atoms with Crippen LogP contribution in [0.4, 0.5) is 5.69 Å². The first-order chi connectivity index (χ1) is 9.49. The van der Waals surface area contributed by atoms with Crippen molar-refractivity contribution in [3.63, 3.8) is 0 Å². The van der Waals surface area contributed by atoms with Crippen LogP contribution < -0.4 is 11.1 Å². The Morgan fingerprint density at radius 1 is 1.40 bits per heavy atom. The van der Waals surface area contributed by atoms with E-state index in [0.29, 0.717) is 18.8 Å². The molecule has 6 nitrogen and oxygen atoms in total. The zero-order valence-corrected chi connectivity index (χ0v) is 12.4. The van der Waals surface area contributed by atoms with Crippen LogP contribution in [0.2, 0.25) is 5.15 Å². The summed E-state index contributed by atoms with van der Waals surface area (Å²) in [5, 5.41) is 2.72. The Bertz CT molecular complexity index is 489. The zero-order chi connectivity index (χ0) is 15.1. The van der Waals surface area contributed by atoms with Crippen LogP contribution in [-0.2, 0) is 4.79 Å². The SMILES string of the molecule is CCN(CC)C(=O)CCNC(=O)c1cc(N)cnc1Cl. The molecule has 0 spiro atoms. The van der Waals surface area contributed by atoms with Gasteiger partial charge in [0, 0.05) is 26.1 Å². The molecule has 20 heavy (non-hydrogen) atoms. The normalized spacial score (nSPS) is 10.2. The summed E-state index contributed by atoms with van der Waals surface area (Å²) in [5.74, 6) is -0.380. The fourth-order valence-corrected chi connectivity index (χ4v) is 1.93. The van der Waals surface area contributed by atoms with Crippen molar-refractivity contribution in [3.05, 3.63) is 23.0 Å². The van der Waals surface area contributed by atoms with Gasteiger partial charge in [0.2, 0.25) is 5.91 Å². The zero-order valence-electron chi connectivity index (χ0n) is 11.6. The van der Waals surface area contributed by atoms with Crippen LogP contribution in [0.5, 0.6) is 0 Å². The quantitative estimate of drug-likeness (QED) is 0.775. The van der Waals surface area contributed by atoms with Crippen molar-refractivity contribution in [2.24, 2.45) is 0 Å². The first kappa shape index (κ1) is 16.2. The molecule has 0 aliphatic rings.